The SMILES string of the molecule is C[C@H](NC(=S)Nc1cccc(Cl)c1)c1ccccc1. The van der Waals surface area contributed by atoms with E-state index in [0.29, 0.717) is 10.1 Å². The molecule has 0 spiro atoms. The smallest absolute Gasteiger partial charge is 0.171 e. The normalized spacial score (nSPS) is 11.7. The largest absolute Gasteiger partial charge is 0.356 e. The van der Waals surface area contributed by atoms with Gasteiger partial charge in [0, 0.05) is 10.7 Å². The van der Waals surface area contributed by atoms with Crippen LogP contribution in [0.15, 0.2) is 54.6 Å². The fraction of sp³-hybridized carbons (Fsp3) is 0.133. The van der Waals surface area contributed by atoms with Crippen LogP contribution in [0.5, 0.6) is 0 Å². The van der Waals surface area contributed by atoms with Crippen molar-refractivity contribution in [3.05, 3.63) is 65.2 Å². The van der Waals surface area contributed by atoms with Gasteiger partial charge in [-0.05, 0) is 42.9 Å². The van der Waals surface area contributed by atoms with Crippen molar-refractivity contribution in [1.29, 1.82) is 0 Å². The van der Waals surface area contributed by atoms with Gasteiger partial charge in [-0.25, -0.2) is 0 Å². The van der Waals surface area contributed by atoms with Crippen molar-refractivity contribution in [2.75, 3.05) is 5.32 Å². The Bertz CT molecular complexity index is 557. The lowest BCUT2D eigenvalue weighted by Crippen LogP contribution is -2.30. The molecule has 1 atom stereocenters. The molecule has 0 radical (unpaired) electrons. The van der Waals surface area contributed by atoms with Gasteiger partial charge < -0.3 is 10.6 Å². The van der Waals surface area contributed by atoms with Gasteiger partial charge >= 0.3 is 0 Å². The van der Waals surface area contributed by atoms with Gasteiger partial charge in [0.2, 0.25) is 0 Å². The topological polar surface area (TPSA) is 24.1 Å². The molecule has 2 nitrogen and oxygen atoms in total. The van der Waals surface area contributed by atoms with Crippen LogP contribution in [0.3, 0.4) is 0 Å². The molecule has 0 aliphatic carbocycles. The van der Waals surface area contributed by atoms with E-state index in [9.17, 15) is 0 Å². The Kier molecular flexibility index (Phi) is 4.77. The van der Waals surface area contributed by atoms with Crippen LogP contribution in [0.25, 0.3) is 0 Å². The summed E-state index contributed by atoms with van der Waals surface area (Å²) in [6.07, 6.45) is 0. The van der Waals surface area contributed by atoms with Crippen molar-refractivity contribution in [1.82, 2.24) is 5.32 Å². The van der Waals surface area contributed by atoms with Crippen LogP contribution in [0.4, 0.5) is 5.69 Å². The molecule has 0 aromatic heterocycles. The van der Waals surface area contributed by atoms with Gasteiger partial charge in [-0.3, -0.25) is 0 Å². The van der Waals surface area contributed by atoms with E-state index >= 15 is 0 Å². The number of halogens is 1. The van der Waals surface area contributed by atoms with E-state index in [-0.39, 0.29) is 6.04 Å². The molecule has 2 N–H and O–H groups in total. The highest BCUT2D eigenvalue weighted by Crippen LogP contribution is 2.16. The molecule has 0 heterocycles. The first-order valence-electron chi connectivity index (χ1n) is 6.03. The third kappa shape index (κ3) is 4.23. The molecule has 19 heavy (non-hydrogen) atoms. The average molecular weight is 291 g/mol. The van der Waals surface area contributed by atoms with Gasteiger partial charge in [-0.1, -0.05) is 48.0 Å². The van der Waals surface area contributed by atoms with Crippen molar-refractivity contribution in [3.63, 3.8) is 0 Å². The summed E-state index contributed by atoms with van der Waals surface area (Å²) >= 11 is 11.2. The number of thiocarbonyl (C=S) groups is 1. The molecule has 0 bridgehead atoms. The summed E-state index contributed by atoms with van der Waals surface area (Å²) in [4.78, 5) is 0. The highest BCUT2D eigenvalue weighted by atomic mass is 35.5. The molecule has 0 amide bonds. The van der Waals surface area contributed by atoms with Gasteiger partial charge in [0.15, 0.2) is 5.11 Å². The minimum absolute atomic E-state index is 0.153. The second-order valence-corrected chi connectivity index (χ2v) is 5.09. The molecule has 98 valence electrons. The van der Waals surface area contributed by atoms with Gasteiger partial charge in [-0.2, -0.15) is 0 Å². The average Bonchev–Trinajstić information content (AvgIpc) is 2.39. The van der Waals surface area contributed by atoms with Crippen molar-refractivity contribution < 1.29 is 0 Å². The lowest BCUT2D eigenvalue weighted by Gasteiger charge is -2.17. The summed E-state index contributed by atoms with van der Waals surface area (Å²) in [5.41, 5.74) is 2.07. The number of nitrogens with one attached hydrogen (secondary N) is 2. The first-order chi connectivity index (χ1) is 9.15. The molecule has 2 aromatic carbocycles. The zero-order chi connectivity index (χ0) is 13.7. The fourth-order valence-electron chi connectivity index (χ4n) is 1.76. The standard InChI is InChI=1S/C15H15ClN2S/c1-11(12-6-3-2-4-7-12)17-15(19)18-14-9-5-8-13(16)10-14/h2-11H,1H3,(H2,17,18,19)/t11-/m0/s1. The fourth-order valence-corrected chi connectivity index (χ4v) is 2.24. The monoisotopic (exact) mass is 290 g/mol. The summed E-state index contributed by atoms with van der Waals surface area (Å²) in [7, 11) is 0. The zero-order valence-electron chi connectivity index (χ0n) is 10.6. The Morgan fingerprint density at radius 1 is 1.11 bits per heavy atom. The van der Waals surface area contributed by atoms with E-state index in [2.05, 4.69) is 29.7 Å². The molecular weight excluding hydrogens is 276 g/mol. The second-order valence-electron chi connectivity index (χ2n) is 4.24. The molecule has 0 aliphatic heterocycles. The Hall–Kier alpha value is -1.58. The first-order valence-corrected chi connectivity index (χ1v) is 6.82. The van der Waals surface area contributed by atoms with E-state index < -0.39 is 0 Å². The minimum Gasteiger partial charge on any atom is -0.356 e. The Labute approximate surface area is 123 Å². The van der Waals surface area contributed by atoms with Crippen molar-refractivity contribution in [2.45, 2.75) is 13.0 Å². The Morgan fingerprint density at radius 2 is 1.84 bits per heavy atom. The number of hydrogen-bond acceptors (Lipinski definition) is 1. The van der Waals surface area contributed by atoms with Crippen molar-refractivity contribution >= 4 is 34.6 Å². The molecule has 2 rings (SSSR count). The van der Waals surface area contributed by atoms with Crippen molar-refractivity contribution in [3.8, 4) is 0 Å². The summed E-state index contributed by atoms with van der Waals surface area (Å²) in [6.45, 7) is 2.07. The lowest BCUT2D eigenvalue weighted by molar-refractivity contribution is 0.722. The van der Waals surface area contributed by atoms with Crippen LogP contribution in [0.2, 0.25) is 5.02 Å². The summed E-state index contributed by atoms with van der Waals surface area (Å²) in [5.74, 6) is 0. The van der Waals surface area contributed by atoms with E-state index in [4.69, 9.17) is 23.8 Å². The summed E-state index contributed by atoms with van der Waals surface area (Å²) < 4.78 is 0. The second kappa shape index (κ2) is 6.55. The maximum atomic E-state index is 5.93. The van der Waals surface area contributed by atoms with Crippen LogP contribution in [0.1, 0.15) is 18.5 Å². The maximum absolute atomic E-state index is 5.93. The molecule has 4 heteroatoms. The predicted molar refractivity (Wildman–Crippen MR) is 85.7 cm³/mol. The quantitative estimate of drug-likeness (QED) is 0.820. The number of rotatable bonds is 3. The van der Waals surface area contributed by atoms with E-state index in [1.165, 1.54) is 5.56 Å². The molecule has 0 saturated heterocycles. The number of anilines is 1. The molecule has 0 saturated carbocycles. The first kappa shape index (κ1) is 13.8. The van der Waals surface area contributed by atoms with Crippen molar-refractivity contribution in [2.24, 2.45) is 0 Å². The third-order valence-corrected chi connectivity index (χ3v) is 3.18. The number of hydrogen-bond donors (Lipinski definition) is 2. The van der Waals surface area contributed by atoms with E-state index in [1.54, 1.807) is 0 Å². The highest BCUT2D eigenvalue weighted by molar-refractivity contribution is 7.80. The molecule has 2 aromatic rings. The lowest BCUT2D eigenvalue weighted by atomic mass is 10.1. The van der Waals surface area contributed by atoms with Crippen LogP contribution < -0.4 is 10.6 Å². The van der Waals surface area contributed by atoms with Gasteiger partial charge in [-0.15, -0.1) is 0 Å². The summed E-state index contributed by atoms with van der Waals surface area (Å²) in [5, 5.41) is 7.63. The minimum atomic E-state index is 0.153. The van der Waals surface area contributed by atoms with Gasteiger partial charge in [0.1, 0.15) is 0 Å². The maximum Gasteiger partial charge on any atom is 0.171 e. The van der Waals surface area contributed by atoms with Crippen LogP contribution in [0, 0.1) is 0 Å². The van der Waals surface area contributed by atoms with Crippen LogP contribution in [-0.2, 0) is 0 Å². The Balaban J connectivity index is 1.95. The van der Waals surface area contributed by atoms with Gasteiger partial charge in [0.25, 0.3) is 0 Å². The third-order valence-electron chi connectivity index (χ3n) is 2.73. The summed E-state index contributed by atoms with van der Waals surface area (Å²) in [6, 6.07) is 17.8. The van der Waals surface area contributed by atoms with Gasteiger partial charge in [0.05, 0.1) is 6.04 Å². The molecule has 0 fully saturated rings. The number of benzene rings is 2. The predicted octanol–water partition coefficient (Wildman–Crippen LogP) is 4.39. The highest BCUT2D eigenvalue weighted by Gasteiger charge is 2.06. The van der Waals surface area contributed by atoms with E-state index in [0.717, 1.165) is 5.69 Å². The van der Waals surface area contributed by atoms with Crippen LogP contribution >= 0.6 is 23.8 Å². The van der Waals surface area contributed by atoms with E-state index in [1.807, 2.05) is 42.5 Å². The zero-order valence-corrected chi connectivity index (χ0v) is 12.1. The molecule has 0 unspecified atom stereocenters. The molecular formula is C15H15ClN2S. The Morgan fingerprint density at radius 3 is 2.53 bits per heavy atom. The van der Waals surface area contributed by atoms with Crippen LogP contribution in [-0.4, -0.2) is 5.11 Å². The molecule has 0 aliphatic rings.